The third-order valence-electron chi connectivity index (χ3n) is 13.8. The summed E-state index contributed by atoms with van der Waals surface area (Å²) in [6, 6.07) is -0.854. The number of carboxylic acids is 2. The van der Waals surface area contributed by atoms with Gasteiger partial charge in [-0.1, -0.05) is 64.4 Å². The highest BCUT2D eigenvalue weighted by Crippen LogP contribution is 2.21. The molecule has 11 atom stereocenters. The summed E-state index contributed by atoms with van der Waals surface area (Å²) in [5.74, 6) is -11.4. The van der Waals surface area contributed by atoms with E-state index < -0.39 is 145 Å². The Morgan fingerprint density at radius 3 is 1.73 bits per heavy atom. The molecular formula is C55H79N13O15. The van der Waals surface area contributed by atoms with Crippen LogP contribution in [0.2, 0.25) is 0 Å². The fraction of sp³-hybridized carbons (Fsp3) is 0.509. The van der Waals surface area contributed by atoms with Crippen LogP contribution in [0, 0.1) is 11.8 Å². The highest BCUT2D eigenvalue weighted by Gasteiger charge is 2.38. The van der Waals surface area contributed by atoms with E-state index >= 15 is 0 Å². The normalized spacial score (nSPS) is 15.3. The molecule has 28 heteroatoms. The Hall–Kier alpha value is -8.47. The third kappa shape index (κ3) is 20.8. The second-order valence-electron chi connectivity index (χ2n) is 20.7. The number of aliphatic hydroxyl groups is 2. The smallest absolute Gasteiger partial charge is 0.326 e. The number of nitrogens with zero attached hydrogens (tertiary/aromatic N) is 1. The molecule has 454 valence electrons. The van der Waals surface area contributed by atoms with E-state index in [9.17, 15) is 68.4 Å². The molecule has 19 N–H and O–H groups in total. The van der Waals surface area contributed by atoms with Crippen LogP contribution < -0.4 is 54.0 Å². The number of hydrogen-bond acceptors (Lipinski definition) is 16. The van der Waals surface area contributed by atoms with Gasteiger partial charge in [0.1, 0.15) is 54.1 Å². The van der Waals surface area contributed by atoms with Crippen molar-refractivity contribution >= 4 is 70.1 Å². The monoisotopic (exact) mass is 1160 g/mol. The number of nitrogens with one attached hydrogen (secondary N) is 10. The lowest BCUT2D eigenvalue weighted by atomic mass is 9.96. The summed E-state index contributed by atoms with van der Waals surface area (Å²) in [7, 11) is 0. The van der Waals surface area contributed by atoms with Crippen LogP contribution in [-0.2, 0) is 67.2 Å². The minimum atomic E-state index is -1.84. The zero-order chi connectivity index (χ0) is 61.5. The van der Waals surface area contributed by atoms with E-state index in [-0.39, 0.29) is 50.1 Å². The van der Waals surface area contributed by atoms with Gasteiger partial charge in [0.25, 0.3) is 0 Å². The fourth-order valence-corrected chi connectivity index (χ4v) is 8.73. The number of para-hydroxylation sites is 1. The number of imidazole rings is 1. The highest BCUT2D eigenvalue weighted by atomic mass is 16.4. The van der Waals surface area contributed by atoms with Crippen molar-refractivity contribution in [3.8, 4) is 5.75 Å². The van der Waals surface area contributed by atoms with Crippen molar-refractivity contribution in [3.63, 3.8) is 0 Å². The highest BCUT2D eigenvalue weighted by molar-refractivity contribution is 5.99. The Bertz CT molecular complexity index is 2830. The molecule has 28 nitrogen and oxygen atoms in total. The number of carboxylic acid groups (broad SMARTS) is 2. The molecule has 0 saturated carbocycles. The van der Waals surface area contributed by atoms with Crippen LogP contribution in [0.4, 0.5) is 0 Å². The van der Waals surface area contributed by atoms with Gasteiger partial charge >= 0.3 is 11.9 Å². The van der Waals surface area contributed by atoms with Gasteiger partial charge in [0.05, 0.1) is 25.1 Å². The van der Waals surface area contributed by atoms with Crippen molar-refractivity contribution in [2.24, 2.45) is 23.3 Å². The van der Waals surface area contributed by atoms with Crippen molar-refractivity contribution in [2.45, 2.75) is 153 Å². The molecular weight excluding hydrogens is 1080 g/mol. The maximum Gasteiger partial charge on any atom is 0.326 e. The molecule has 4 aromatic rings. The first-order valence-electron chi connectivity index (χ1n) is 27.3. The van der Waals surface area contributed by atoms with Crippen LogP contribution >= 0.6 is 0 Å². The average Bonchev–Trinajstić information content (AvgIpc) is 4.23. The van der Waals surface area contributed by atoms with E-state index in [2.05, 4.69) is 57.5 Å². The molecule has 4 rings (SSSR count). The first-order chi connectivity index (χ1) is 39.4. The second-order valence-corrected chi connectivity index (χ2v) is 20.7. The number of benzene rings is 2. The molecule has 0 radical (unpaired) electrons. The number of phenolic OH excluding ortho intramolecular Hbond substituents is 1. The van der Waals surface area contributed by atoms with E-state index in [1.807, 2.05) is 0 Å². The molecule has 0 aliphatic rings. The van der Waals surface area contributed by atoms with Gasteiger partial charge in [-0.3, -0.25) is 43.2 Å². The van der Waals surface area contributed by atoms with Crippen LogP contribution in [0.3, 0.4) is 0 Å². The number of carbonyl (C=O) groups is 10. The summed E-state index contributed by atoms with van der Waals surface area (Å²) in [5.41, 5.74) is 13.6. The van der Waals surface area contributed by atoms with Gasteiger partial charge in [-0.2, -0.15) is 0 Å². The van der Waals surface area contributed by atoms with Gasteiger partial charge in [0.15, 0.2) is 0 Å². The Morgan fingerprint density at radius 1 is 0.614 bits per heavy atom. The third-order valence-corrected chi connectivity index (χ3v) is 13.8. The van der Waals surface area contributed by atoms with Crippen molar-refractivity contribution in [3.05, 3.63) is 84.1 Å². The number of H-pyrrole nitrogens is 2. The minimum Gasteiger partial charge on any atom is -0.508 e. The summed E-state index contributed by atoms with van der Waals surface area (Å²) in [6.45, 7) is 6.94. The largest absolute Gasteiger partial charge is 0.508 e. The zero-order valence-electron chi connectivity index (χ0n) is 47.0. The second kappa shape index (κ2) is 32.8. The maximum atomic E-state index is 14.5. The van der Waals surface area contributed by atoms with Gasteiger partial charge in [0.2, 0.25) is 47.3 Å². The number of fused-ring (bicyclic) bond motifs is 1. The van der Waals surface area contributed by atoms with Crippen molar-refractivity contribution < 1.29 is 73.5 Å². The topological polar surface area (TPSA) is 465 Å². The number of unbranched alkanes of at least 4 members (excludes halogenated alkanes) is 1. The first-order valence-corrected chi connectivity index (χ1v) is 27.3. The molecule has 0 aliphatic heterocycles. The molecule has 83 heavy (non-hydrogen) atoms. The number of aromatic hydroxyl groups is 1. The van der Waals surface area contributed by atoms with E-state index in [0.29, 0.717) is 41.3 Å². The molecule has 0 bridgehead atoms. The Labute approximate surface area is 478 Å². The van der Waals surface area contributed by atoms with Crippen LogP contribution in [0.5, 0.6) is 5.75 Å². The van der Waals surface area contributed by atoms with Crippen LogP contribution in [-0.4, -0.2) is 173 Å². The predicted molar refractivity (Wildman–Crippen MR) is 300 cm³/mol. The summed E-state index contributed by atoms with van der Waals surface area (Å²) in [5, 5.41) is 71.3. The number of rotatable bonds is 35. The number of nitrogens with two attached hydrogens (primary N) is 2. The summed E-state index contributed by atoms with van der Waals surface area (Å²) < 4.78 is 0. The standard InChI is InChI=1S/C55H79N13O15/c1-6-29(4)45(67-47(74)36(57)18-19-43(72)73)53(80)63-40(22-32-24-59-37-12-8-7-11-35(32)37)51(78)68-46(30(5)70)54(81)64-41(23-33-25-58-27-60-33)50(77)65-42(26-69)52(79)62-39(21-31-14-16-34(71)17-15-31)49(76)61-38(13-9-10-20-56)48(75)66-44(28(2)3)55(82)83/h7-8,11-12,14-17,24-25,27-30,36,38-42,44-46,59,69-71H,6,9-10,13,18-23,26,56-57H2,1-5H3,(H,58,60)(H,61,76)(H,62,79)(H,63,80)(H,64,81)(H,65,77)(H,66,75)(H,67,74)(H,68,78)(H,72,73)(H,82,83)/t29-,30+,36-,38-,39-,40-,41-,42-,44-,45-,46-/m0/s1. The first kappa shape index (κ1) is 67.0. The molecule has 2 aromatic carbocycles. The average molecular weight is 1160 g/mol. The van der Waals surface area contributed by atoms with Gasteiger partial charge in [-0.05, 0) is 80.3 Å². The van der Waals surface area contributed by atoms with Crippen molar-refractivity contribution in [2.75, 3.05) is 13.2 Å². The van der Waals surface area contributed by atoms with E-state index in [1.165, 1.54) is 43.7 Å². The number of aromatic nitrogens is 3. The minimum absolute atomic E-state index is 0.0230. The molecule has 0 fully saturated rings. The van der Waals surface area contributed by atoms with Gasteiger partial charge in [0, 0.05) is 54.7 Å². The van der Waals surface area contributed by atoms with E-state index in [1.54, 1.807) is 58.2 Å². The Kier molecular flexibility index (Phi) is 26.5. The van der Waals surface area contributed by atoms with Crippen molar-refractivity contribution in [1.29, 1.82) is 0 Å². The number of aliphatic hydroxyl groups excluding tert-OH is 2. The SMILES string of the molecule is CC[C@H](C)[C@H](NC(=O)[C@@H](N)CCC(=O)O)C(=O)N[C@@H](Cc1c[nH]c2ccccc12)C(=O)N[C@H](C(=O)N[C@@H](Cc1cnc[nH]1)C(=O)N[C@@H](CO)C(=O)N[C@@H](Cc1ccc(O)cc1)C(=O)N[C@@H](CCCCN)C(=O)N[C@H](C(=O)O)C(C)C)[C@@H](C)O. The fourth-order valence-electron chi connectivity index (χ4n) is 8.73. The number of amides is 8. The quantitative estimate of drug-likeness (QED) is 0.0221. The summed E-state index contributed by atoms with van der Waals surface area (Å²) in [6.07, 6.45) is 2.27. The summed E-state index contributed by atoms with van der Waals surface area (Å²) in [4.78, 5) is 145. The Morgan fingerprint density at radius 2 is 1.16 bits per heavy atom. The lowest BCUT2D eigenvalue weighted by Gasteiger charge is -2.29. The number of aliphatic carboxylic acids is 2. The molecule has 2 heterocycles. The zero-order valence-corrected chi connectivity index (χ0v) is 47.0. The molecule has 8 amide bonds. The lowest BCUT2D eigenvalue weighted by molar-refractivity contribution is -0.143. The predicted octanol–water partition coefficient (Wildman–Crippen LogP) is -2.02. The summed E-state index contributed by atoms with van der Waals surface area (Å²) >= 11 is 0. The lowest BCUT2D eigenvalue weighted by Crippen LogP contribution is -2.63. The molecule has 0 spiro atoms. The number of aromatic amines is 2. The number of carbonyl (C=O) groups excluding carboxylic acids is 8. The van der Waals surface area contributed by atoms with Crippen molar-refractivity contribution in [1.82, 2.24) is 57.5 Å². The number of phenols is 1. The van der Waals surface area contributed by atoms with E-state index in [0.717, 1.165) is 0 Å². The van der Waals surface area contributed by atoms with Gasteiger partial charge < -0.3 is 89.5 Å². The van der Waals surface area contributed by atoms with Gasteiger partial charge in [-0.15, -0.1) is 0 Å². The van der Waals surface area contributed by atoms with Crippen LogP contribution in [0.1, 0.15) is 90.0 Å². The molecule has 0 saturated heterocycles. The Balaban J connectivity index is 1.61. The molecule has 2 aromatic heterocycles. The van der Waals surface area contributed by atoms with Crippen LogP contribution in [0.25, 0.3) is 10.9 Å². The van der Waals surface area contributed by atoms with E-state index in [4.69, 9.17) is 16.6 Å². The molecule has 0 unspecified atom stereocenters. The van der Waals surface area contributed by atoms with Gasteiger partial charge in [-0.25, -0.2) is 9.78 Å². The maximum absolute atomic E-state index is 14.5. The molecule has 0 aliphatic carbocycles. The number of hydrogen-bond donors (Lipinski definition) is 17. The van der Waals surface area contributed by atoms with Crippen LogP contribution in [0.15, 0.2) is 67.3 Å².